The molecule has 0 amide bonds. The summed E-state index contributed by atoms with van der Waals surface area (Å²) in [5.74, 6) is 0.631. The molecule has 0 saturated heterocycles. The Morgan fingerprint density at radius 2 is 2.14 bits per heavy atom. The molecule has 0 bridgehead atoms. The Bertz CT molecular complexity index is 588. The third-order valence-electron chi connectivity index (χ3n) is 3.35. The number of carbonyl (C=O) groups is 1. The molecule has 0 aliphatic rings. The van der Waals surface area contributed by atoms with Crippen molar-refractivity contribution < 1.29 is 4.79 Å². The second-order valence-electron chi connectivity index (χ2n) is 4.96. The highest BCUT2D eigenvalue weighted by atomic mass is 35.5. The molecule has 0 fully saturated rings. The molecule has 1 aromatic carbocycles. The zero-order valence-corrected chi connectivity index (χ0v) is 12.8. The van der Waals surface area contributed by atoms with Crippen LogP contribution < -0.4 is 0 Å². The summed E-state index contributed by atoms with van der Waals surface area (Å²) in [5.41, 5.74) is 0.960. The summed E-state index contributed by atoms with van der Waals surface area (Å²) in [4.78, 5) is 19.7. The zero-order chi connectivity index (χ0) is 15.1. The second-order valence-corrected chi connectivity index (χ2v) is 5.39. The predicted molar refractivity (Wildman–Crippen MR) is 86.3 cm³/mol. The van der Waals surface area contributed by atoms with Crippen LogP contribution in [0.2, 0.25) is 5.02 Å². The fourth-order valence-electron chi connectivity index (χ4n) is 2.16. The van der Waals surface area contributed by atoms with Gasteiger partial charge in [0.2, 0.25) is 0 Å². The zero-order valence-electron chi connectivity index (χ0n) is 12.1. The van der Waals surface area contributed by atoms with Gasteiger partial charge in [0.15, 0.2) is 5.78 Å². The lowest BCUT2D eigenvalue weighted by Gasteiger charge is -2.10. The summed E-state index contributed by atoms with van der Waals surface area (Å²) in [5, 5.41) is 0.690. The molecule has 1 aromatic heterocycles. The first kappa shape index (κ1) is 15.5. The number of nitrogens with one attached hydrogen (secondary N) is 1. The Balaban J connectivity index is 2.09. The summed E-state index contributed by atoms with van der Waals surface area (Å²) >= 11 is 5.85. The number of allylic oxidation sites excluding steroid dienone is 1. The third-order valence-corrected chi connectivity index (χ3v) is 3.60. The number of hydrogen-bond donors (Lipinski definition) is 1. The fraction of sp³-hybridized carbons (Fsp3) is 0.294. The van der Waals surface area contributed by atoms with Crippen molar-refractivity contribution in [3.63, 3.8) is 0 Å². The van der Waals surface area contributed by atoms with E-state index in [2.05, 4.69) is 16.9 Å². The Labute approximate surface area is 130 Å². The van der Waals surface area contributed by atoms with Crippen molar-refractivity contribution in [3.8, 4) is 0 Å². The number of ketones is 1. The van der Waals surface area contributed by atoms with E-state index in [1.165, 1.54) is 0 Å². The molecule has 0 spiro atoms. The summed E-state index contributed by atoms with van der Waals surface area (Å²) in [6.07, 6.45) is 9.77. The normalized spacial score (nSPS) is 12.7. The molecule has 1 unspecified atom stereocenters. The van der Waals surface area contributed by atoms with Gasteiger partial charge < -0.3 is 4.98 Å². The molecule has 110 valence electrons. The van der Waals surface area contributed by atoms with Gasteiger partial charge in [-0.05, 0) is 30.2 Å². The Kier molecular flexibility index (Phi) is 5.76. The topological polar surface area (TPSA) is 45.8 Å². The number of imidazole rings is 1. The SMILES string of the molecule is CCCCC(C(=O)C=Cc1ccc(Cl)cc1)c1ncc[nH]1. The fourth-order valence-corrected chi connectivity index (χ4v) is 2.28. The van der Waals surface area contributed by atoms with Gasteiger partial charge in [0, 0.05) is 17.4 Å². The number of hydrogen-bond acceptors (Lipinski definition) is 2. The molecule has 2 aromatic rings. The maximum absolute atomic E-state index is 12.4. The monoisotopic (exact) mass is 302 g/mol. The second kappa shape index (κ2) is 7.79. The Morgan fingerprint density at radius 3 is 2.76 bits per heavy atom. The average Bonchev–Trinajstić information content (AvgIpc) is 3.01. The summed E-state index contributed by atoms with van der Waals surface area (Å²) in [6, 6.07) is 7.40. The molecule has 0 aliphatic heterocycles. The molecule has 1 heterocycles. The van der Waals surface area contributed by atoms with Crippen LogP contribution in [0.5, 0.6) is 0 Å². The minimum absolute atomic E-state index is 0.0772. The van der Waals surface area contributed by atoms with E-state index in [0.717, 1.165) is 30.7 Å². The molecule has 0 saturated carbocycles. The van der Waals surface area contributed by atoms with E-state index in [1.807, 2.05) is 30.3 Å². The number of carbonyl (C=O) groups excluding carboxylic acids is 1. The summed E-state index contributed by atoms with van der Waals surface area (Å²) in [7, 11) is 0. The van der Waals surface area contributed by atoms with Crippen LogP contribution in [0, 0.1) is 0 Å². The van der Waals surface area contributed by atoms with Gasteiger partial charge in [0.1, 0.15) is 5.82 Å². The summed E-state index contributed by atoms with van der Waals surface area (Å²) in [6.45, 7) is 2.12. The van der Waals surface area contributed by atoms with Gasteiger partial charge in [-0.1, -0.05) is 49.6 Å². The van der Waals surface area contributed by atoms with E-state index in [1.54, 1.807) is 18.5 Å². The van der Waals surface area contributed by atoms with Crippen LogP contribution in [0.15, 0.2) is 42.7 Å². The van der Waals surface area contributed by atoms with Crippen molar-refractivity contribution in [3.05, 3.63) is 59.1 Å². The molecule has 1 atom stereocenters. The smallest absolute Gasteiger partial charge is 0.166 e. The molecule has 2 rings (SSSR count). The van der Waals surface area contributed by atoms with Crippen molar-refractivity contribution >= 4 is 23.5 Å². The van der Waals surface area contributed by atoms with Crippen molar-refractivity contribution in [1.29, 1.82) is 0 Å². The van der Waals surface area contributed by atoms with E-state index >= 15 is 0 Å². The maximum atomic E-state index is 12.4. The predicted octanol–water partition coefficient (Wildman–Crippen LogP) is 4.62. The van der Waals surface area contributed by atoms with Crippen LogP contribution in [0.4, 0.5) is 0 Å². The Hall–Kier alpha value is -1.87. The molecule has 1 N–H and O–H groups in total. The number of rotatable bonds is 7. The highest BCUT2D eigenvalue weighted by molar-refractivity contribution is 6.30. The number of nitrogens with zero attached hydrogens (tertiary/aromatic N) is 1. The molecular weight excluding hydrogens is 284 g/mol. The van der Waals surface area contributed by atoms with Gasteiger partial charge in [-0.25, -0.2) is 4.98 Å². The molecule has 0 aliphatic carbocycles. The minimum Gasteiger partial charge on any atom is -0.348 e. The first-order valence-corrected chi connectivity index (χ1v) is 7.55. The first-order chi connectivity index (χ1) is 10.2. The number of aromatic amines is 1. The molecule has 21 heavy (non-hydrogen) atoms. The third kappa shape index (κ3) is 4.57. The van der Waals surface area contributed by atoms with Crippen molar-refractivity contribution in [2.24, 2.45) is 0 Å². The quantitative estimate of drug-likeness (QED) is 0.759. The number of benzene rings is 1. The molecule has 3 nitrogen and oxygen atoms in total. The van der Waals surface area contributed by atoms with Crippen molar-refractivity contribution in [2.45, 2.75) is 32.1 Å². The standard InChI is InChI=1S/C17H19ClN2O/c1-2-3-4-15(17-19-11-12-20-17)16(21)10-7-13-5-8-14(18)9-6-13/h5-12,15H,2-4H2,1H3,(H,19,20). The van der Waals surface area contributed by atoms with E-state index in [0.29, 0.717) is 5.02 Å². The molecular formula is C17H19ClN2O. The van der Waals surface area contributed by atoms with Gasteiger partial charge >= 0.3 is 0 Å². The molecule has 0 radical (unpaired) electrons. The van der Waals surface area contributed by atoms with Gasteiger partial charge in [0.05, 0.1) is 5.92 Å². The van der Waals surface area contributed by atoms with Crippen LogP contribution in [0.25, 0.3) is 6.08 Å². The highest BCUT2D eigenvalue weighted by Crippen LogP contribution is 2.21. The van der Waals surface area contributed by atoms with Crippen LogP contribution in [0.3, 0.4) is 0 Å². The average molecular weight is 303 g/mol. The van der Waals surface area contributed by atoms with Crippen molar-refractivity contribution in [2.75, 3.05) is 0 Å². The van der Waals surface area contributed by atoms with E-state index in [4.69, 9.17) is 11.6 Å². The Morgan fingerprint density at radius 1 is 1.38 bits per heavy atom. The van der Waals surface area contributed by atoms with Gasteiger partial charge in [0.25, 0.3) is 0 Å². The van der Waals surface area contributed by atoms with Crippen LogP contribution in [0.1, 0.15) is 43.5 Å². The van der Waals surface area contributed by atoms with Crippen molar-refractivity contribution in [1.82, 2.24) is 9.97 Å². The van der Waals surface area contributed by atoms with Gasteiger partial charge in [-0.3, -0.25) is 4.79 Å². The minimum atomic E-state index is -0.191. The van der Waals surface area contributed by atoms with Gasteiger partial charge in [-0.15, -0.1) is 0 Å². The first-order valence-electron chi connectivity index (χ1n) is 7.17. The number of H-pyrrole nitrogens is 1. The lowest BCUT2D eigenvalue weighted by molar-refractivity contribution is -0.116. The van der Waals surface area contributed by atoms with E-state index in [9.17, 15) is 4.79 Å². The lowest BCUT2D eigenvalue weighted by Crippen LogP contribution is -2.11. The largest absolute Gasteiger partial charge is 0.348 e. The van der Waals surface area contributed by atoms with Gasteiger partial charge in [-0.2, -0.15) is 0 Å². The molecule has 4 heteroatoms. The summed E-state index contributed by atoms with van der Waals surface area (Å²) < 4.78 is 0. The number of halogens is 1. The number of aromatic nitrogens is 2. The van der Waals surface area contributed by atoms with Crippen LogP contribution in [-0.2, 0) is 4.79 Å². The van der Waals surface area contributed by atoms with E-state index < -0.39 is 0 Å². The lowest BCUT2D eigenvalue weighted by atomic mass is 9.96. The van der Waals surface area contributed by atoms with Crippen LogP contribution in [-0.4, -0.2) is 15.8 Å². The number of unbranched alkanes of at least 4 members (excludes halogenated alkanes) is 1. The van der Waals surface area contributed by atoms with Crippen LogP contribution >= 0.6 is 11.6 Å². The maximum Gasteiger partial charge on any atom is 0.166 e. The highest BCUT2D eigenvalue weighted by Gasteiger charge is 2.19. The van der Waals surface area contributed by atoms with E-state index in [-0.39, 0.29) is 11.7 Å².